The van der Waals surface area contributed by atoms with E-state index in [0.717, 1.165) is 16.9 Å². The molecule has 25 heavy (non-hydrogen) atoms. The molecule has 0 spiro atoms. The van der Waals surface area contributed by atoms with Gasteiger partial charge in [0.15, 0.2) is 0 Å². The number of amides is 1. The highest BCUT2D eigenvalue weighted by Gasteiger charge is 2.27. The molecule has 0 radical (unpaired) electrons. The van der Waals surface area contributed by atoms with Gasteiger partial charge < -0.3 is 14.8 Å². The quantitative estimate of drug-likeness (QED) is 0.799. The van der Waals surface area contributed by atoms with E-state index in [4.69, 9.17) is 9.47 Å². The van der Waals surface area contributed by atoms with Crippen molar-refractivity contribution in [1.29, 1.82) is 0 Å². The van der Waals surface area contributed by atoms with Crippen LogP contribution in [0.2, 0.25) is 0 Å². The van der Waals surface area contributed by atoms with Crippen molar-refractivity contribution >= 4 is 34.2 Å². The van der Waals surface area contributed by atoms with Gasteiger partial charge >= 0.3 is 11.9 Å². The Morgan fingerprint density at radius 1 is 1.12 bits per heavy atom. The van der Waals surface area contributed by atoms with Crippen LogP contribution < -0.4 is 5.32 Å². The zero-order chi connectivity index (χ0) is 18.4. The molecule has 1 aromatic carbocycles. The molecule has 132 valence electrons. The summed E-state index contributed by atoms with van der Waals surface area (Å²) in [6.07, 6.45) is 0.160. The minimum Gasteiger partial charge on any atom is -0.465 e. The van der Waals surface area contributed by atoms with Gasteiger partial charge in [-0.2, -0.15) is 0 Å². The molecule has 1 N–H and O–H groups in total. The molecular weight excluding hydrogens is 342 g/mol. The Labute approximate surface area is 149 Å². The second-order valence-corrected chi connectivity index (χ2v) is 6.20. The summed E-state index contributed by atoms with van der Waals surface area (Å²) < 4.78 is 9.77. The first-order chi connectivity index (χ1) is 12.0. The highest BCUT2D eigenvalue weighted by molar-refractivity contribution is 7.18. The maximum Gasteiger partial charge on any atom is 0.348 e. The summed E-state index contributed by atoms with van der Waals surface area (Å²) >= 11 is 1.00. The zero-order valence-electron chi connectivity index (χ0n) is 14.3. The number of hydrogen-bond acceptors (Lipinski definition) is 6. The number of thiophene rings is 1. The van der Waals surface area contributed by atoms with Crippen LogP contribution in [0.3, 0.4) is 0 Å². The Balaban J connectivity index is 2.30. The normalized spacial score (nSPS) is 10.2. The lowest BCUT2D eigenvalue weighted by Crippen LogP contribution is -2.16. The topological polar surface area (TPSA) is 81.7 Å². The fourth-order valence-electron chi connectivity index (χ4n) is 2.29. The predicted molar refractivity (Wildman–Crippen MR) is 95.1 cm³/mol. The zero-order valence-corrected chi connectivity index (χ0v) is 15.1. The number of carbonyl (C=O) groups excluding carboxylic acids is 3. The Morgan fingerprint density at radius 3 is 2.40 bits per heavy atom. The largest absolute Gasteiger partial charge is 0.465 e. The Kier molecular flexibility index (Phi) is 6.30. The minimum absolute atomic E-state index is 0.160. The maximum absolute atomic E-state index is 12.3. The van der Waals surface area contributed by atoms with E-state index in [1.807, 2.05) is 30.3 Å². The van der Waals surface area contributed by atoms with Gasteiger partial charge in [0.1, 0.15) is 9.88 Å². The highest BCUT2D eigenvalue weighted by Crippen LogP contribution is 2.34. The van der Waals surface area contributed by atoms with E-state index < -0.39 is 11.9 Å². The molecule has 7 heteroatoms. The van der Waals surface area contributed by atoms with Crippen molar-refractivity contribution in [2.24, 2.45) is 0 Å². The van der Waals surface area contributed by atoms with Crippen LogP contribution in [0.4, 0.5) is 5.00 Å². The van der Waals surface area contributed by atoms with Gasteiger partial charge in [0, 0.05) is 0 Å². The second kappa shape index (κ2) is 8.43. The first kappa shape index (κ1) is 18.7. The fraction of sp³-hybridized carbons (Fsp3) is 0.278. The van der Waals surface area contributed by atoms with Crippen LogP contribution in [-0.4, -0.2) is 31.6 Å². The van der Waals surface area contributed by atoms with Crippen molar-refractivity contribution < 1.29 is 23.9 Å². The average Bonchev–Trinajstić information content (AvgIpc) is 2.91. The monoisotopic (exact) mass is 361 g/mol. The Morgan fingerprint density at radius 2 is 1.80 bits per heavy atom. The number of nitrogens with one attached hydrogen (secondary N) is 1. The van der Waals surface area contributed by atoms with Crippen molar-refractivity contribution in [2.75, 3.05) is 19.0 Å². The van der Waals surface area contributed by atoms with Crippen molar-refractivity contribution in [3.63, 3.8) is 0 Å². The van der Waals surface area contributed by atoms with Crippen LogP contribution in [0.15, 0.2) is 30.3 Å². The summed E-state index contributed by atoms with van der Waals surface area (Å²) in [6, 6.07) is 9.23. The van der Waals surface area contributed by atoms with Gasteiger partial charge in [-0.05, 0) is 25.0 Å². The predicted octanol–water partition coefficient (Wildman–Crippen LogP) is 3.20. The summed E-state index contributed by atoms with van der Waals surface area (Å²) in [7, 11) is 1.26. The number of rotatable bonds is 6. The van der Waals surface area contributed by atoms with Gasteiger partial charge in [0.25, 0.3) is 0 Å². The number of ether oxygens (including phenoxy) is 2. The molecule has 0 aliphatic heterocycles. The molecular formula is C18H19NO5S. The molecule has 2 aromatic rings. The molecule has 6 nitrogen and oxygen atoms in total. The molecule has 0 fully saturated rings. The van der Waals surface area contributed by atoms with Crippen LogP contribution in [0.25, 0.3) is 0 Å². The van der Waals surface area contributed by atoms with Gasteiger partial charge in [-0.1, -0.05) is 30.3 Å². The van der Waals surface area contributed by atoms with Crippen molar-refractivity contribution in [3.05, 3.63) is 51.9 Å². The molecule has 1 heterocycles. The molecule has 2 rings (SSSR count). The molecule has 0 aliphatic carbocycles. The number of benzene rings is 1. The molecule has 0 atom stereocenters. The van der Waals surface area contributed by atoms with E-state index in [1.54, 1.807) is 13.8 Å². The summed E-state index contributed by atoms with van der Waals surface area (Å²) in [5.41, 5.74) is 1.47. The van der Waals surface area contributed by atoms with E-state index >= 15 is 0 Å². The van der Waals surface area contributed by atoms with Crippen LogP contribution in [0.5, 0.6) is 0 Å². The Bertz CT molecular complexity index is 782. The summed E-state index contributed by atoms with van der Waals surface area (Å²) in [5, 5.41) is 3.00. The molecule has 1 aromatic heterocycles. The maximum atomic E-state index is 12.3. The lowest BCUT2D eigenvalue weighted by molar-refractivity contribution is -0.115. The van der Waals surface area contributed by atoms with E-state index in [1.165, 1.54) is 7.11 Å². The smallest absolute Gasteiger partial charge is 0.348 e. The lowest BCUT2D eigenvalue weighted by Gasteiger charge is -2.07. The third-order valence-corrected chi connectivity index (χ3v) is 4.64. The highest BCUT2D eigenvalue weighted by atomic mass is 32.1. The first-order valence-electron chi connectivity index (χ1n) is 7.70. The average molecular weight is 361 g/mol. The lowest BCUT2D eigenvalue weighted by atomic mass is 10.1. The van der Waals surface area contributed by atoms with Gasteiger partial charge in [-0.3, -0.25) is 4.79 Å². The third kappa shape index (κ3) is 4.45. The standard InChI is InChI=1S/C18H19NO5S/c1-4-24-17(21)14-11(2)15(18(22)23-3)25-16(14)19-13(20)10-12-8-6-5-7-9-12/h5-9H,4,10H2,1-3H3,(H,19,20). The van der Waals surface area contributed by atoms with Gasteiger partial charge in [-0.25, -0.2) is 9.59 Å². The van der Waals surface area contributed by atoms with Crippen LogP contribution in [0, 0.1) is 6.92 Å². The Hall–Kier alpha value is -2.67. The van der Waals surface area contributed by atoms with Crippen molar-refractivity contribution in [3.8, 4) is 0 Å². The van der Waals surface area contributed by atoms with Crippen LogP contribution >= 0.6 is 11.3 Å². The van der Waals surface area contributed by atoms with Crippen molar-refractivity contribution in [1.82, 2.24) is 0 Å². The van der Waals surface area contributed by atoms with Gasteiger partial charge in [-0.15, -0.1) is 11.3 Å². The fourth-order valence-corrected chi connectivity index (χ4v) is 3.42. The molecule has 0 saturated carbocycles. The van der Waals surface area contributed by atoms with E-state index in [-0.39, 0.29) is 34.4 Å². The molecule has 1 amide bonds. The summed E-state index contributed by atoms with van der Waals surface area (Å²) in [6.45, 7) is 3.51. The number of esters is 2. The molecule has 0 aliphatic rings. The number of hydrogen-bond donors (Lipinski definition) is 1. The number of carbonyl (C=O) groups is 3. The minimum atomic E-state index is -0.582. The molecule has 0 bridgehead atoms. The summed E-state index contributed by atoms with van der Waals surface area (Å²) in [4.78, 5) is 36.7. The van der Waals surface area contributed by atoms with E-state index in [9.17, 15) is 14.4 Å². The number of anilines is 1. The van der Waals surface area contributed by atoms with Crippen LogP contribution in [-0.2, 0) is 20.7 Å². The van der Waals surface area contributed by atoms with Crippen LogP contribution in [0.1, 0.15) is 38.1 Å². The van der Waals surface area contributed by atoms with Gasteiger partial charge in [0.05, 0.1) is 25.7 Å². The van der Waals surface area contributed by atoms with E-state index in [2.05, 4.69) is 5.32 Å². The molecule has 0 unspecified atom stereocenters. The van der Waals surface area contributed by atoms with Crippen molar-refractivity contribution in [2.45, 2.75) is 20.3 Å². The SMILES string of the molecule is CCOC(=O)c1c(NC(=O)Cc2ccccc2)sc(C(=O)OC)c1C. The third-order valence-electron chi connectivity index (χ3n) is 3.46. The van der Waals surface area contributed by atoms with Gasteiger partial charge in [0.2, 0.25) is 5.91 Å². The second-order valence-electron chi connectivity index (χ2n) is 5.18. The molecule has 0 saturated heterocycles. The number of methoxy groups -OCH3 is 1. The first-order valence-corrected chi connectivity index (χ1v) is 8.52. The summed E-state index contributed by atoms with van der Waals surface area (Å²) in [5.74, 6) is -1.42. The van der Waals surface area contributed by atoms with E-state index in [0.29, 0.717) is 5.56 Å².